The largest absolute Gasteiger partial charge is 0.392 e. The topological polar surface area (TPSA) is 65.5 Å². The van der Waals surface area contributed by atoms with Crippen molar-refractivity contribution in [2.24, 2.45) is 0 Å². The number of nitrogens with one attached hydrogen (secondary N) is 1. The molecule has 0 spiro atoms. The predicted molar refractivity (Wildman–Crippen MR) is 109 cm³/mol. The van der Waals surface area contributed by atoms with E-state index in [1.165, 1.54) is 0 Å². The second kappa shape index (κ2) is 8.01. The number of hydrogen-bond donors (Lipinski definition) is 2. The lowest BCUT2D eigenvalue weighted by molar-refractivity contribution is 0.102. The minimum atomic E-state index is -0.154. The first-order valence-electron chi connectivity index (χ1n) is 8.73. The highest BCUT2D eigenvalue weighted by Gasteiger charge is 2.11. The second-order valence-corrected chi connectivity index (χ2v) is 6.63. The van der Waals surface area contributed by atoms with Crippen molar-refractivity contribution in [3.8, 4) is 11.1 Å². The number of pyridine rings is 1. The first-order valence-corrected chi connectivity index (χ1v) is 8.73. The van der Waals surface area contributed by atoms with Crippen LogP contribution in [0.25, 0.3) is 11.1 Å². The second-order valence-electron chi connectivity index (χ2n) is 6.63. The van der Waals surface area contributed by atoms with Crippen LogP contribution >= 0.6 is 0 Å². The number of amides is 1. The van der Waals surface area contributed by atoms with E-state index in [-0.39, 0.29) is 12.5 Å². The summed E-state index contributed by atoms with van der Waals surface area (Å²) in [5.74, 6) is -0.154. The molecule has 1 amide bonds. The van der Waals surface area contributed by atoms with E-state index in [2.05, 4.69) is 10.3 Å². The molecule has 1 aromatic heterocycles. The minimum Gasteiger partial charge on any atom is -0.392 e. The Morgan fingerprint density at radius 1 is 1.11 bits per heavy atom. The number of aromatic nitrogens is 1. The molecule has 2 N–H and O–H groups in total. The minimum absolute atomic E-state index is 0.000132. The van der Waals surface area contributed by atoms with Gasteiger partial charge in [-0.25, -0.2) is 0 Å². The van der Waals surface area contributed by atoms with Gasteiger partial charge in [0.15, 0.2) is 0 Å². The zero-order valence-corrected chi connectivity index (χ0v) is 15.7. The van der Waals surface area contributed by atoms with Gasteiger partial charge in [0.25, 0.3) is 5.91 Å². The molecule has 5 heteroatoms. The molecule has 3 rings (SSSR count). The van der Waals surface area contributed by atoms with E-state index in [0.29, 0.717) is 5.56 Å². The van der Waals surface area contributed by atoms with Crippen LogP contribution in [0.5, 0.6) is 0 Å². The van der Waals surface area contributed by atoms with E-state index in [4.69, 9.17) is 0 Å². The molecule has 0 radical (unpaired) electrons. The molecule has 0 fully saturated rings. The van der Waals surface area contributed by atoms with Gasteiger partial charge in [-0.2, -0.15) is 0 Å². The highest BCUT2D eigenvalue weighted by Crippen LogP contribution is 2.32. The fourth-order valence-corrected chi connectivity index (χ4v) is 2.96. The maximum Gasteiger partial charge on any atom is 0.256 e. The van der Waals surface area contributed by atoms with E-state index in [1.54, 1.807) is 18.5 Å². The number of benzene rings is 2. The Bertz CT molecular complexity index is 950. The van der Waals surface area contributed by atoms with Crippen molar-refractivity contribution in [1.82, 2.24) is 4.98 Å². The average molecular weight is 361 g/mol. The molecule has 0 unspecified atom stereocenters. The zero-order valence-electron chi connectivity index (χ0n) is 15.7. The van der Waals surface area contributed by atoms with Gasteiger partial charge in [0.1, 0.15) is 0 Å². The van der Waals surface area contributed by atoms with Crippen LogP contribution in [0.15, 0.2) is 60.9 Å². The van der Waals surface area contributed by atoms with E-state index >= 15 is 0 Å². The normalized spacial score (nSPS) is 10.5. The first-order chi connectivity index (χ1) is 13.0. The van der Waals surface area contributed by atoms with Gasteiger partial charge in [0.2, 0.25) is 0 Å². The Morgan fingerprint density at radius 2 is 1.85 bits per heavy atom. The predicted octanol–water partition coefficient (Wildman–Crippen LogP) is 3.87. The van der Waals surface area contributed by atoms with Crippen LogP contribution in [0.4, 0.5) is 11.4 Å². The molecular weight excluding hydrogens is 338 g/mol. The smallest absolute Gasteiger partial charge is 0.256 e. The Kier molecular flexibility index (Phi) is 5.52. The van der Waals surface area contributed by atoms with Gasteiger partial charge in [0.05, 0.1) is 6.61 Å². The van der Waals surface area contributed by atoms with Crippen LogP contribution < -0.4 is 10.2 Å². The van der Waals surface area contributed by atoms with Crippen LogP contribution in [0.1, 0.15) is 21.5 Å². The van der Waals surface area contributed by atoms with Crippen molar-refractivity contribution in [1.29, 1.82) is 0 Å². The van der Waals surface area contributed by atoms with Crippen LogP contribution in [0.2, 0.25) is 0 Å². The van der Waals surface area contributed by atoms with Crippen molar-refractivity contribution in [3.63, 3.8) is 0 Å². The summed E-state index contributed by atoms with van der Waals surface area (Å²) in [6, 6.07) is 15.3. The third kappa shape index (κ3) is 4.15. The Hall–Kier alpha value is -3.18. The molecule has 0 aliphatic carbocycles. The third-order valence-electron chi connectivity index (χ3n) is 4.44. The van der Waals surface area contributed by atoms with Crippen molar-refractivity contribution >= 4 is 17.3 Å². The number of anilines is 2. The maximum atomic E-state index is 12.4. The summed E-state index contributed by atoms with van der Waals surface area (Å²) in [4.78, 5) is 18.5. The Labute approximate surface area is 159 Å². The van der Waals surface area contributed by atoms with Crippen molar-refractivity contribution in [3.05, 3.63) is 77.6 Å². The molecule has 138 valence electrons. The zero-order chi connectivity index (χ0) is 19.4. The van der Waals surface area contributed by atoms with Crippen LogP contribution in [-0.4, -0.2) is 30.1 Å². The summed E-state index contributed by atoms with van der Waals surface area (Å²) in [5.41, 5.74) is 6.16. The number of rotatable bonds is 5. The van der Waals surface area contributed by atoms with E-state index in [0.717, 1.165) is 33.6 Å². The number of aliphatic hydroxyl groups excluding tert-OH is 1. The number of hydrogen-bond acceptors (Lipinski definition) is 4. The highest BCUT2D eigenvalue weighted by atomic mass is 16.3. The number of aryl methyl sites for hydroxylation is 1. The lowest BCUT2D eigenvalue weighted by atomic mass is 10.00. The SMILES string of the molecule is Cc1cnccc1C(=O)Nc1ccc(-c2cc(CO)ccc2N(C)C)cc1. The molecular formula is C22H23N3O2. The summed E-state index contributed by atoms with van der Waals surface area (Å²) >= 11 is 0. The molecule has 0 aliphatic heterocycles. The highest BCUT2D eigenvalue weighted by molar-refractivity contribution is 6.05. The van der Waals surface area contributed by atoms with Crippen molar-refractivity contribution < 1.29 is 9.90 Å². The molecule has 3 aromatic rings. The van der Waals surface area contributed by atoms with Crippen LogP contribution in [-0.2, 0) is 6.61 Å². The molecule has 27 heavy (non-hydrogen) atoms. The van der Waals surface area contributed by atoms with Gasteiger partial charge >= 0.3 is 0 Å². The van der Waals surface area contributed by atoms with Gasteiger partial charge in [-0.3, -0.25) is 9.78 Å². The van der Waals surface area contributed by atoms with Gasteiger partial charge in [-0.05, 0) is 53.9 Å². The molecule has 0 atom stereocenters. The van der Waals surface area contributed by atoms with E-state index < -0.39 is 0 Å². The molecule has 5 nitrogen and oxygen atoms in total. The lowest BCUT2D eigenvalue weighted by Gasteiger charge is -2.19. The summed E-state index contributed by atoms with van der Waals surface area (Å²) in [5, 5.41) is 12.4. The molecule has 2 aromatic carbocycles. The molecule has 1 heterocycles. The lowest BCUT2D eigenvalue weighted by Crippen LogP contribution is -2.13. The first kappa shape index (κ1) is 18.6. The Balaban J connectivity index is 1.86. The number of nitrogens with zero attached hydrogens (tertiary/aromatic N) is 2. The standard InChI is InChI=1S/C22H23N3O2/c1-15-13-23-11-10-19(15)22(27)24-18-7-5-17(6-8-18)20-12-16(14-26)4-9-21(20)25(2)3/h4-13,26H,14H2,1-3H3,(H,24,27). The monoisotopic (exact) mass is 361 g/mol. The Morgan fingerprint density at radius 3 is 2.48 bits per heavy atom. The van der Waals surface area contributed by atoms with Gasteiger partial charge in [-0.15, -0.1) is 0 Å². The van der Waals surface area contributed by atoms with Gasteiger partial charge in [-0.1, -0.05) is 18.2 Å². The maximum absolute atomic E-state index is 12.4. The molecule has 0 aliphatic rings. The summed E-state index contributed by atoms with van der Waals surface area (Å²) in [6.07, 6.45) is 3.29. The summed E-state index contributed by atoms with van der Waals surface area (Å²) in [6.45, 7) is 1.86. The quantitative estimate of drug-likeness (QED) is 0.724. The fourth-order valence-electron chi connectivity index (χ4n) is 2.96. The molecule has 0 saturated carbocycles. The fraction of sp³-hybridized carbons (Fsp3) is 0.182. The van der Waals surface area contributed by atoms with Gasteiger partial charge < -0.3 is 15.3 Å². The van der Waals surface area contributed by atoms with Gasteiger partial charge in [0, 0.05) is 49.0 Å². The van der Waals surface area contributed by atoms with Crippen LogP contribution in [0.3, 0.4) is 0 Å². The number of aliphatic hydroxyl groups is 1. The van der Waals surface area contributed by atoms with E-state index in [1.807, 2.05) is 68.4 Å². The molecule has 0 bridgehead atoms. The number of carbonyl (C=O) groups is 1. The van der Waals surface area contributed by atoms with E-state index in [9.17, 15) is 9.90 Å². The molecule has 0 saturated heterocycles. The summed E-state index contributed by atoms with van der Waals surface area (Å²) < 4.78 is 0. The van der Waals surface area contributed by atoms with Crippen LogP contribution in [0, 0.1) is 6.92 Å². The van der Waals surface area contributed by atoms with Crippen molar-refractivity contribution in [2.75, 3.05) is 24.3 Å². The third-order valence-corrected chi connectivity index (χ3v) is 4.44. The van der Waals surface area contributed by atoms with Crippen molar-refractivity contribution in [2.45, 2.75) is 13.5 Å². The average Bonchev–Trinajstić information content (AvgIpc) is 2.68. The number of carbonyl (C=O) groups excluding carboxylic acids is 1. The summed E-state index contributed by atoms with van der Waals surface area (Å²) in [7, 11) is 3.98.